The first kappa shape index (κ1) is 20.2. The molecular weight excluding hydrogens is 334 g/mol. The number of methoxy groups -OCH3 is 1. The lowest BCUT2D eigenvalue weighted by atomic mass is 9.90. The van der Waals surface area contributed by atoms with Gasteiger partial charge < -0.3 is 19.1 Å². The second-order valence-corrected chi connectivity index (χ2v) is 8.18. The third kappa shape index (κ3) is 4.49. The lowest BCUT2D eigenvalue weighted by Crippen LogP contribution is -2.38. The van der Waals surface area contributed by atoms with Gasteiger partial charge in [0.1, 0.15) is 5.75 Å². The fourth-order valence-electron chi connectivity index (χ4n) is 4.72. The van der Waals surface area contributed by atoms with Crippen LogP contribution in [0.5, 0.6) is 5.75 Å². The van der Waals surface area contributed by atoms with Crippen molar-refractivity contribution in [2.75, 3.05) is 40.8 Å². The van der Waals surface area contributed by atoms with Gasteiger partial charge in [0.2, 0.25) is 0 Å². The zero-order valence-corrected chi connectivity index (χ0v) is 17.9. The predicted octanol–water partition coefficient (Wildman–Crippen LogP) is 4.58. The summed E-state index contributed by atoms with van der Waals surface area (Å²) in [6, 6.07) is 7.98. The quantitative estimate of drug-likeness (QED) is 0.677. The van der Waals surface area contributed by atoms with E-state index in [9.17, 15) is 0 Å². The number of hydrogen-bond donors (Lipinski definition) is 0. The smallest absolute Gasteiger partial charge is 0.119 e. The Morgan fingerprint density at radius 3 is 2.37 bits per heavy atom. The lowest BCUT2D eigenvalue weighted by molar-refractivity contribution is 0.151. The molecule has 0 radical (unpaired) electrons. The molecule has 0 amide bonds. The molecule has 1 aromatic carbocycles. The van der Waals surface area contributed by atoms with Gasteiger partial charge in [-0.3, -0.25) is 0 Å². The number of aromatic nitrogens is 1. The monoisotopic (exact) mass is 371 g/mol. The van der Waals surface area contributed by atoms with Crippen LogP contribution in [-0.2, 0) is 6.42 Å². The van der Waals surface area contributed by atoms with Crippen LogP contribution < -0.4 is 4.74 Å². The summed E-state index contributed by atoms with van der Waals surface area (Å²) in [7, 11) is 6.05. The number of nitrogens with zero attached hydrogens (tertiary/aromatic N) is 3. The molecule has 1 aliphatic carbocycles. The zero-order chi connectivity index (χ0) is 19.4. The van der Waals surface area contributed by atoms with E-state index in [0.717, 1.165) is 24.8 Å². The summed E-state index contributed by atoms with van der Waals surface area (Å²) in [6.07, 6.45) is 8.70. The third-order valence-corrected chi connectivity index (χ3v) is 6.34. The molecule has 0 spiro atoms. The third-order valence-electron chi connectivity index (χ3n) is 6.34. The Balaban J connectivity index is 1.84. The second-order valence-electron chi connectivity index (χ2n) is 8.18. The Hall–Kier alpha value is -1.52. The molecule has 0 saturated heterocycles. The van der Waals surface area contributed by atoms with Crippen molar-refractivity contribution in [3.05, 3.63) is 30.0 Å². The van der Waals surface area contributed by atoms with Crippen molar-refractivity contribution in [1.29, 1.82) is 0 Å². The average Bonchev–Trinajstić information content (AvgIpc) is 3.05. The van der Waals surface area contributed by atoms with E-state index in [1.54, 1.807) is 7.11 Å². The SMILES string of the molecule is CCN(CC)C1CCC(n2cc(CCN(C)C)c3cc(OC)ccc32)CC1. The fraction of sp³-hybridized carbons (Fsp3) is 0.652. The molecule has 0 aliphatic heterocycles. The van der Waals surface area contributed by atoms with Gasteiger partial charge in [0, 0.05) is 35.7 Å². The number of likely N-dealkylation sites (N-methyl/N-ethyl adjacent to an activating group) is 1. The van der Waals surface area contributed by atoms with Crippen molar-refractivity contribution < 1.29 is 4.74 Å². The van der Waals surface area contributed by atoms with Gasteiger partial charge in [0.15, 0.2) is 0 Å². The van der Waals surface area contributed by atoms with E-state index in [1.165, 1.54) is 55.2 Å². The Morgan fingerprint density at radius 2 is 1.78 bits per heavy atom. The van der Waals surface area contributed by atoms with Gasteiger partial charge >= 0.3 is 0 Å². The highest BCUT2D eigenvalue weighted by Gasteiger charge is 2.26. The topological polar surface area (TPSA) is 20.6 Å². The summed E-state index contributed by atoms with van der Waals surface area (Å²) < 4.78 is 8.07. The average molecular weight is 372 g/mol. The maximum atomic E-state index is 5.50. The Morgan fingerprint density at radius 1 is 1.07 bits per heavy atom. The second kappa shape index (κ2) is 9.11. The Bertz CT molecular complexity index is 725. The summed E-state index contributed by atoms with van der Waals surface area (Å²) in [5, 5.41) is 1.36. The molecule has 1 fully saturated rings. The Kier molecular flexibility index (Phi) is 6.83. The van der Waals surface area contributed by atoms with Crippen LogP contribution in [0.2, 0.25) is 0 Å². The van der Waals surface area contributed by atoms with Crippen LogP contribution in [0.3, 0.4) is 0 Å². The fourth-order valence-corrected chi connectivity index (χ4v) is 4.72. The number of hydrogen-bond acceptors (Lipinski definition) is 3. The normalized spacial score (nSPS) is 20.7. The molecule has 4 heteroatoms. The van der Waals surface area contributed by atoms with E-state index in [4.69, 9.17) is 4.74 Å². The zero-order valence-electron chi connectivity index (χ0n) is 17.9. The van der Waals surface area contributed by atoms with Crippen molar-refractivity contribution in [2.24, 2.45) is 0 Å². The summed E-state index contributed by atoms with van der Waals surface area (Å²) in [5.41, 5.74) is 2.82. The molecule has 0 bridgehead atoms. The summed E-state index contributed by atoms with van der Waals surface area (Å²) >= 11 is 0. The lowest BCUT2D eigenvalue weighted by Gasteiger charge is -2.36. The van der Waals surface area contributed by atoms with Gasteiger partial charge in [-0.15, -0.1) is 0 Å². The van der Waals surface area contributed by atoms with Crippen LogP contribution in [0.4, 0.5) is 0 Å². The molecular formula is C23H37N3O. The maximum absolute atomic E-state index is 5.50. The number of benzene rings is 1. The van der Waals surface area contributed by atoms with Gasteiger partial charge in [-0.05, 0) is 83.1 Å². The van der Waals surface area contributed by atoms with Gasteiger partial charge in [0.25, 0.3) is 0 Å². The standard InChI is InChI=1S/C23H37N3O/c1-6-25(7-2)19-8-10-20(11-9-19)26-17-18(14-15-24(3)4)22-16-21(27-5)12-13-23(22)26/h12-13,16-17,19-20H,6-11,14-15H2,1-5H3. The first-order valence-electron chi connectivity index (χ1n) is 10.6. The summed E-state index contributed by atoms with van der Waals surface area (Å²) in [4.78, 5) is 4.90. The van der Waals surface area contributed by atoms with Crippen molar-refractivity contribution in [1.82, 2.24) is 14.4 Å². The van der Waals surface area contributed by atoms with Gasteiger partial charge in [0.05, 0.1) is 7.11 Å². The molecule has 0 atom stereocenters. The highest BCUT2D eigenvalue weighted by atomic mass is 16.5. The maximum Gasteiger partial charge on any atom is 0.119 e. The first-order valence-corrected chi connectivity index (χ1v) is 10.6. The van der Waals surface area contributed by atoms with Crippen LogP contribution >= 0.6 is 0 Å². The molecule has 2 aromatic rings. The van der Waals surface area contributed by atoms with Gasteiger partial charge in [-0.25, -0.2) is 0 Å². The number of fused-ring (bicyclic) bond motifs is 1. The van der Waals surface area contributed by atoms with Crippen LogP contribution in [0, 0.1) is 0 Å². The largest absolute Gasteiger partial charge is 0.497 e. The molecule has 150 valence electrons. The Labute approximate surface area is 165 Å². The van der Waals surface area contributed by atoms with E-state index in [2.05, 4.69) is 66.7 Å². The van der Waals surface area contributed by atoms with Crippen molar-refractivity contribution in [3.63, 3.8) is 0 Å². The minimum absolute atomic E-state index is 0.626. The minimum Gasteiger partial charge on any atom is -0.497 e. The van der Waals surface area contributed by atoms with Crippen molar-refractivity contribution in [3.8, 4) is 5.75 Å². The van der Waals surface area contributed by atoms with Crippen molar-refractivity contribution >= 4 is 10.9 Å². The first-order chi connectivity index (χ1) is 13.1. The van der Waals surface area contributed by atoms with E-state index in [1.807, 2.05) is 0 Å². The number of rotatable bonds is 8. The minimum atomic E-state index is 0.626. The highest BCUT2D eigenvalue weighted by molar-refractivity contribution is 5.85. The number of ether oxygens (including phenoxy) is 1. The van der Waals surface area contributed by atoms with E-state index in [-0.39, 0.29) is 0 Å². The van der Waals surface area contributed by atoms with Crippen molar-refractivity contribution in [2.45, 2.75) is 58.0 Å². The van der Waals surface area contributed by atoms with Crippen LogP contribution in [0.15, 0.2) is 24.4 Å². The molecule has 4 nitrogen and oxygen atoms in total. The van der Waals surface area contributed by atoms with Gasteiger partial charge in [-0.1, -0.05) is 13.8 Å². The van der Waals surface area contributed by atoms with Gasteiger partial charge in [-0.2, -0.15) is 0 Å². The molecule has 0 N–H and O–H groups in total. The van der Waals surface area contributed by atoms with Crippen LogP contribution in [-0.4, -0.2) is 61.2 Å². The highest BCUT2D eigenvalue weighted by Crippen LogP contribution is 2.36. The molecule has 1 heterocycles. The summed E-state index contributed by atoms with van der Waals surface area (Å²) in [6.45, 7) is 8.00. The molecule has 1 saturated carbocycles. The van der Waals surface area contributed by atoms with E-state index >= 15 is 0 Å². The van der Waals surface area contributed by atoms with Crippen LogP contribution in [0.25, 0.3) is 10.9 Å². The summed E-state index contributed by atoms with van der Waals surface area (Å²) in [5.74, 6) is 0.955. The molecule has 0 unspecified atom stereocenters. The van der Waals surface area contributed by atoms with E-state index < -0.39 is 0 Å². The predicted molar refractivity (Wildman–Crippen MR) is 115 cm³/mol. The van der Waals surface area contributed by atoms with E-state index in [0.29, 0.717) is 6.04 Å². The van der Waals surface area contributed by atoms with Crippen LogP contribution in [0.1, 0.15) is 51.1 Å². The molecule has 27 heavy (non-hydrogen) atoms. The molecule has 1 aliphatic rings. The molecule has 1 aromatic heterocycles. The molecule has 3 rings (SSSR count).